The van der Waals surface area contributed by atoms with Crippen LogP contribution in [-0.4, -0.2) is 36.6 Å². The standard InChI is InChI=1S/C23H25NO4/c1-16(25)12-24(14-18-4-8-22-23(10-18)28-15-27-22)13-17-3-5-20-11-21(26-2)7-6-19(20)9-17/h3-11,16,25H,12-15H2,1-2H3. The molecule has 146 valence electrons. The van der Waals surface area contributed by atoms with E-state index in [0.717, 1.165) is 41.3 Å². The molecule has 5 heteroatoms. The van der Waals surface area contributed by atoms with Crippen molar-refractivity contribution in [2.75, 3.05) is 20.4 Å². The maximum atomic E-state index is 9.96. The van der Waals surface area contributed by atoms with Gasteiger partial charge in [-0.1, -0.05) is 24.3 Å². The molecule has 1 aliphatic rings. The third-order valence-electron chi connectivity index (χ3n) is 4.88. The summed E-state index contributed by atoms with van der Waals surface area (Å²) in [5.74, 6) is 2.43. The molecule has 1 atom stereocenters. The molecule has 5 nitrogen and oxygen atoms in total. The fraction of sp³-hybridized carbons (Fsp3) is 0.304. The highest BCUT2D eigenvalue weighted by Crippen LogP contribution is 2.33. The van der Waals surface area contributed by atoms with E-state index in [0.29, 0.717) is 6.54 Å². The van der Waals surface area contributed by atoms with Crippen LogP contribution in [0.5, 0.6) is 17.2 Å². The predicted molar refractivity (Wildman–Crippen MR) is 109 cm³/mol. The van der Waals surface area contributed by atoms with Crippen LogP contribution in [0.25, 0.3) is 10.8 Å². The number of aliphatic hydroxyl groups is 1. The molecule has 3 aromatic rings. The Bertz CT molecular complexity index is 970. The first-order valence-electron chi connectivity index (χ1n) is 9.46. The van der Waals surface area contributed by atoms with E-state index in [1.165, 1.54) is 10.9 Å². The summed E-state index contributed by atoms with van der Waals surface area (Å²) in [5.41, 5.74) is 2.34. The quantitative estimate of drug-likeness (QED) is 0.673. The number of rotatable bonds is 7. The number of benzene rings is 3. The second-order valence-corrected chi connectivity index (χ2v) is 7.25. The van der Waals surface area contributed by atoms with Gasteiger partial charge in [0.25, 0.3) is 0 Å². The number of ether oxygens (including phenoxy) is 3. The average Bonchev–Trinajstić information content (AvgIpc) is 3.15. The fourth-order valence-electron chi connectivity index (χ4n) is 3.61. The van der Waals surface area contributed by atoms with Crippen LogP contribution in [-0.2, 0) is 13.1 Å². The normalized spacial score (nSPS) is 13.9. The lowest BCUT2D eigenvalue weighted by atomic mass is 10.1. The first-order chi connectivity index (χ1) is 13.6. The lowest BCUT2D eigenvalue weighted by Crippen LogP contribution is -2.30. The molecule has 28 heavy (non-hydrogen) atoms. The summed E-state index contributed by atoms with van der Waals surface area (Å²) >= 11 is 0. The van der Waals surface area contributed by atoms with Crippen molar-refractivity contribution in [3.8, 4) is 17.2 Å². The minimum Gasteiger partial charge on any atom is -0.497 e. The molecular formula is C23H25NO4. The first-order valence-corrected chi connectivity index (χ1v) is 9.46. The third-order valence-corrected chi connectivity index (χ3v) is 4.88. The molecule has 1 heterocycles. The lowest BCUT2D eigenvalue weighted by Gasteiger charge is -2.24. The molecule has 0 aliphatic carbocycles. The van der Waals surface area contributed by atoms with E-state index >= 15 is 0 Å². The maximum absolute atomic E-state index is 9.96. The molecule has 0 fully saturated rings. The van der Waals surface area contributed by atoms with E-state index < -0.39 is 6.10 Å². The van der Waals surface area contributed by atoms with Crippen molar-refractivity contribution in [1.29, 1.82) is 0 Å². The van der Waals surface area contributed by atoms with Gasteiger partial charge in [0.2, 0.25) is 6.79 Å². The molecule has 0 radical (unpaired) electrons. The summed E-state index contributed by atoms with van der Waals surface area (Å²) in [4.78, 5) is 2.24. The Morgan fingerprint density at radius 1 is 0.929 bits per heavy atom. The van der Waals surface area contributed by atoms with Crippen molar-refractivity contribution < 1.29 is 19.3 Å². The van der Waals surface area contributed by atoms with Crippen molar-refractivity contribution in [3.63, 3.8) is 0 Å². The van der Waals surface area contributed by atoms with E-state index in [1.54, 1.807) is 7.11 Å². The first kappa shape index (κ1) is 18.6. The number of aliphatic hydroxyl groups excluding tert-OH is 1. The summed E-state index contributed by atoms with van der Waals surface area (Å²) in [6.45, 7) is 4.16. The number of hydrogen-bond donors (Lipinski definition) is 1. The van der Waals surface area contributed by atoms with Crippen LogP contribution in [0, 0.1) is 0 Å². The summed E-state index contributed by atoms with van der Waals surface area (Å²) in [5, 5.41) is 12.3. The molecule has 0 saturated carbocycles. The summed E-state index contributed by atoms with van der Waals surface area (Å²) in [6.07, 6.45) is -0.404. The van der Waals surface area contributed by atoms with Gasteiger partial charge in [-0.25, -0.2) is 0 Å². The van der Waals surface area contributed by atoms with Crippen LogP contribution < -0.4 is 14.2 Å². The number of methoxy groups -OCH3 is 1. The van der Waals surface area contributed by atoms with Crippen molar-refractivity contribution in [2.45, 2.75) is 26.1 Å². The van der Waals surface area contributed by atoms with Gasteiger partial charge in [0.05, 0.1) is 13.2 Å². The van der Waals surface area contributed by atoms with Gasteiger partial charge in [-0.15, -0.1) is 0 Å². The smallest absolute Gasteiger partial charge is 0.231 e. The average molecular weight is 379 g/mol. The van der Waals surface area contributed by atoms with Crippen LogP contribution in [0.4, 0.5) is 0 Å². The highest BCUT2D eigenvalue weighted by molar-refractivity contribution is 5.84. The number of fused-ring (bicyclic) bond motifs is 2. The Kier molecular flexibility index (Phi) is 5.37. The van der Waals surface area contributed by atoms with Gasteiger partial charge in [-0.3, -0.25) is 4.90 Å². The van der Waals surface area contributed by atoms with Crippen LogP contribution in [0.3, 0.4) is 0 Å². The molecule has 1 unspecified atom stereocenters. The Morgan fingerprint density at radius 2 is 1.61 bits per heavy atom. The molecule has 0 aromatic heterocycles. The van der Waals surface area contributed by atoms with Crippen molar-refractivity contribution in [1.82, 2.24) is 4.90 Å². The van der Waals surface area contributed by atoms with Crippen LogP contribution in [0.2, 0.25) is 0 Å². The lowest BCUT2D eigenvalue weighted by molar-refractivity contribution is 0.118. The fourth-order valence-corrected chi connectivity index (χ4v) is 3.61. The van der Waals surface area contributed by atoms with Gasteiger partial charge in [0.1, 0.15) is 5.75 Å². The summed E-state index contributed by atoms with van der Waals surface area (Å²) in [7, 11) is 1.68. The Labute approximate surface area is 165 Å². The van der Waals surface area contributed by atoms with Gasteiger partial charge in [0.15, 0.2) is 11.5 Å². The van der Waals surface area contributed by atoms with Crippen LogP contribution in [0.1, 0.15) is 18.1 Å². The highest BCUT2D eigenvalue weighted by Gasteiger charge is 2.16. The van der Waals surface area contributed by atoms with Gasteiger partial charge in [-0.2, -0.15) is 0 Å². The van der Waals surface area contributed by atoms with Gasteiger partial charge < -0.3 is 19.3 Å². The zero-order valence-corrected chi connectivity index (χ0v) is 16.2. The summed E-state index contributed by atoms with van der Waals surface area (Å²) < 4.78 is 16.2. The van der Waals surface area contributed by atoms with Crippen LogP contribution in [0.15, 0.2) is 54.6 Å². The largest absolute Gasteiger partial charge is 0.497 e. The molecule has 0 amide bonds. The van der Waals surface area contributed by atoms with E-state index in [4.69, 9.17) is 14.2 Å². The Morgan fingerprint density at radius 3 is 2.39 bits per heavy atom. The Balaban J connectivity index is 1.53. The maximum Gasteiger partial charge on any atom is 0.231 e. The Hall–Kier alpha value is -2.76. The van der Waals surface area contributed by atoms with Crippen molar-refractivity contribution in [2.24, 2.45) is 0 Å². The summed E-state index contributed by atoms with van der Waals surface area (Å²) in [6, 6.07) is 18.6. The number of hydrogen-bond acceptors (Lipinski definition) is 5. The van der Waals surface area contributed by atoms with E-state index in [2.05, 4.69) is 35.2 Å². The monoisotopic (exact) mass is 379 g/mol. The van der Waals surface area contributed by atoms with Crippen LogP contribution >= 0.6 is 0 Å². The third kappa shape index (κ3) is 4.21. The van der Waals surface area contributed by atoms with E-state index in [1.807, 2.05) is 31.2 Å². The van der Waals surface area contributed by atoms with E-state index in [-0.39, 0.29) is 6.79 Å². The highest BCUT2D eigenvalue weighted by atomic mass is 16.7. The molecule has 1 N–H and O–H groups in total. The molecule has 3 aromatic carbocycles. The minimum absolute atomic E-state index is 0.276. The second kappa shape index (κ2) is 8.09. The zero-order chi connectivity index (χ0) is 19.5. The van der Waals surface area contributed by atoms with Crippen molar-refractivity contribution in [3.05, 3.63) is 65.7 Å². The zero-order valence-electron chi connectivity index (χ0n) is 16.2. The molecule has 0 saturated heterocycles. The van der Waals surface area contributed by atoms with Gasteiger partial charge in [-0.05, 0) is 59.2 Å². The predicted octanol–water partition coefficient (Wildman–Crippen LogP) is 3.96. The molecule has 0 spiro atoms. The van der Waals surface area contributed by atoms with Gasteiger partial charge >= 0.3 is 0 Å². The molecular weight excluding hydrogens is 354 g/mol. The van der Waals surface area contributed by atoms with Crippen molar-refractivity contribution >= 4 is 10.8 Å². The SMILES string of the molecule is COc1ccc2cc(CN(Cc3ccc4c(c3)OCO4)CC(C)O)ccc2c1. The van der Waals surface area contributed by atoms with E-state index in [9.17, 15) is 5.11 Å². The minimum atomic E-state index is -0.404. The molecule has 0 bridgehead atoms. The molecule has 4 rings (SSSR count). The molecule has 1 aliphatic heterocycles. The second-order valence-electron chi connectivity index (χ2n) is 7.25. The topological polar surface area (TPSA) is 51.2 Å². The van der Waals surface area contributed by atoms with Gasteiger partial charge in [0, 0.05) is 19.6 Å². The number of nitrogens with zero attached hydrogens (tertiary/aromatic N) is 1.